The van der Waals surface area contributed by atoms with Gasteiger partial charge in [-0.25, -0.2) is 4.98 Å². The first-order valence-corrected chi connectivity index (χ1v) is 7.97. The van der Waals surface area contributed by atoms with Crippen LogP contribution in [0.2, 0.25) is 0 Å². The van der Waals surface area contributed by atoms with Crippen molar-refractivity contribution in [3.63, 3.8) is 0 Å². The standard InChI is InChI=1S/C13H14BrN3O3S/c1-2-6-15-13-16-7-9(21-13)8-20-12-10(14)4-3-5-11(12)17(18)19/h3-5,7H,2,6,8H2,1H3,(H,15,16). The molecule has 0 spiro atoms. The normalized spacial score (nSPS) is 10.4. The van der Waals surface area contributed by atoms with Crippen LogP contribution in [-0.4, -0.2) is 16.5 Å². The Kier molecular flexibility index (Phi) is 5.51. The first-order valence-electron chi connectivity index (χ1n) is 6.36. The highest BCUT2D eigenvalue weighted by atomic mass is 79.9. The van der Waals surface area contributed by atoms with Crippen LogP contribution in [0.5, 0.6) is 5.75 Å². The number of nitro benzene ring substituents is 1. The van der Waals surface area contributed by atoms with E-state index in [1.807, 2.05) is 0 Å². The van der Waals surface area contributed by atoms with E-state index in [0.717, 1.165) is 23.0 Å². The number of hydrogen-bond donors (Lipinski definition) is 1. The Balaban J connectivity index is 2.06. The number of nitro groups is 1. The number of halogens is 1. The van der Waals surface area contributed by atoms with E-state index in [1.165, 1.54) is 17.4 Å². The van der Waals surface area contributed by atoms with E-state index in [9.17, 15) is 10.1 Å². The molecule has 1 aromatic carbocycles. The lowest BCUT2D eigenvalue weighted by Gasteiger charge is -2.07. The minimum Gasteiger partial charge on any atom is -0.480 e. The lowest BCUT2D eigenvalue weighted by molar-refractivity contribution is -0.386. The van der Waals surface area contributed by atoms with E-state index < -0.39 is 4.92 Å². The summed E-state index contributed by atoms with van der Waals surface area (Å²) in [5, 5.41) is 15.0. The summed E-state index contributed by atoms with van der Waals surface area (Å²) in [5.41, 5.74) is -0.0572. The van der Waals surface area contributed by atoms with Crippen molar-refractivity contribution in [3.8, 4) is 5.75 Å². The molecule has 0 radical (unpaired) electrons. The molecule has 6 nitrogen and oxygen atoms in total. The fourth-order valence-corrected chi connectivity index (χ4v) is 2.84. The third kappa shape index (κ3) is 4.15. The van der Waals surface area contributed by atoms with Gasteiger partial charge in [0.05, 0.1) is 14.3 Å². The molecule has 112 valence electrons. The van der Waals surface area contributed by atoms with E-state index >= 15 is 0 Å². The topological polar surface area (TPSA) is 77.3 Å². The number of rotatable bonds is 7. The van der Waals surface area contributed by atoms with Gasteiger partial charge in [0, 0.05) is 18.8 Å². The van der Waals surface area contributed by atoms with E-state index in [4.69, 9.17) is 4.74 Å². The van der Waals surface area contributed by atoms with Gasteiger partial charge in [0.2, 0.25) is 5.75 Å². The quantitative estimate of drug-likeness (QED) is 0.582. The molecule has 1 aromatic heterocycles. The maximum atomic E-state index is 11.0. The highest BCUT2D eigenvalue weighted by Gasteiger charge is 2.18. The molecule has 0 aliphatic rings. The number of hydrogen-bond acceptors (Lipinski definition) is 6. The third-order valence-corrected chi connectivity index (χ3v) is 4.13. The van der Waals surface area contributed by atoms with Gasteiger partial charge in [-0.15, -0.1) is 0 Å². The summed E-state index contributed by atoms with van der Waals surface area (Å²) in [6, 6.07) is 4.73. The summed E-state index contributed by atoms with van der Waals surface area (Å²) in [7, 11) is 0. The minimum absolute atomic E-state index is 0.0572. The molecule has 0 fully saturated rings. The predicted molar refractivity (Wildman–Crippen MR) is 86.0 cm³/mol. The number of nitrogens with zero attached hydrogens (tertiary/aromatic N) is 2. The van der Waals surface area contributed by atoms with E-state index in [0.29, 0.717) is 4.47 Å². The zero-order valence-electron chi connectivity index (χ0n) is 11.3. The second-order valence-electron chi connectivity index (χ2n) is 4.19. The SMILES string of the molecule is CCCNc1ncc(COc2c(Br)cccc2[N+](=O)[O-])s1. The Morgan fingerprint density at radius 1 is 1.52 bits per heavy atom. The maximum absolute atomic E-state index is 11.0. The molecule has 0 atom stereocenters. The number of nitrogens with one attached hydrogen (secondary N) is 1. The van der Waals surface area contributed by atoms with Crippen molar-refractivity contribution >= 4 is 38.1 Å². The first kappa shape index (κ1) is 15.7. The van der Waals surface area contributed by atoms with Crippen molar-refractivity contribution in [2.24, 2.45) is 0 Å². The summed E-state index contributed by atoms with van der Waals surface area (Å²) in [6.07, 6.45) is 2.74. The molecule has 0 aliphatic heterocycles. The highest BCUT2D eigenvalue weighted by Crippen LogP contribution is 2.35. The molecule has 1 heterocycles. The highest BCUT2D eigenvalue weighted by molar-refractivity contribution is 9.10. The van der Waals surface area contributed by atoms with E-state index in [1.54, 1.807) is 18.3 Å². The molecule has 0 unspecified atom stereocenters. The van der Waals surface area contributed by atoms with Crippen molar-refractivity contribution in [3.05, 3.63) is 43.9 Å². The molecule has 1 N–H and O–H groups in total. The molecule has 0 bridgehead atoms. The third-order valence-electron chi connectivity index (χ3n) is 2.58. The van der Waals surface area contributed by atoms with Gasteiger partial charge in [-0.1, -0.05) is 24.3 Å². The fourth-order valence-electron chi connectivity index (χ4n) is 1.62. The zero-order chi connectivity index (χ0) is 15.2. The van der Waals surface area contributed by atoms with Crippen LogP contribution in [0.4, 0.5) is 10.8 Å². The molecule has 0 aliphatic carbocycles. The molecule has 0 amide bonds. The van der Waals surface area contributed by atoms with E-state index in [2.05, 4.69) is 33.2 Å². The Labute approximate surface area is 134 Å². The van der Waals surface area contributed by atoms with Crippen LogP contribution in [0.15, 0.2) is 28.9 Å². The van der Waals surface area contributed by atoms with Gasteiger partial charge in [0.25, 0.3) is 0 Å². The van der Waals surface area contributed by atoms with Crippen LogP contribution < -0.4 is 10.1 Å². The van der Waals surface area contributed by atoms with Crippen LogP contribution in [-0.2, 0) is 6.61 Å². The Morgan fingerprint density at radius 3 is 3.05 bits per heavy atom. The molecule has 2 rings (SSSR count). The smallest absolute Gasteiger partial charge is 0.312 e. The van der Waals surface area contributed by atoms with Crippen LogP contribution in [0, 0.1) is 10.1 Å². The van der Waals surface area contributed by atoms with Crippen LogP contribution in [0.1, 0.15) is 18.2 Å². The monoisotopic (exact) mass is 371 g/mol. The zero-order valence-corrected chi connectivity index (χ0v) is 13.7. The lowest BCUT2D eigenvalue weighted by atomic mass is 10.3. The summed E-state index contributed by atoms with van der Waals surface area (Å²) in [6.45, 7) is 3.19. The number of anilines is 1. The van der Waals surface area contributed by atoms with Gasteiger partial charge in [0.15, 0.2) is 5.13 Å². The number of benzene rings is 1. The average molecular weight is 372 g/mol. The average Bonchev–Trinajstić information content (AvgIpc) is 2.91. The second-order valence-corrected chi connectivity index (χ2v) is 6.16. The van der Waals surface area contributed by atoms with Gasteiger partial charge in [-0.3, -0.25) is 10.1 Å². The number of aromatic nitrogens is 1. The summed E-state index contributed by atoms with van der Waals surface area (Å²) in [5.74, 6) is 0.235. The Hall–Kier alpha value is -1.67. The molecular weight excluding hydrogens is 358 g/mol. The largest absolute Gasteiger partial charge is 0.480 e. The van der Waals surface area contributed by atoms with Crippen LogP contribution >= 0.6 is 27.3 Å². The Morgan fingerprint density at radius 2 is 2.33 bits per heavy atom. The number of ether oxygens (including phenoxy) is 1. The van der Waals surface area contributed by atoms with Crippen molar-refractivity contribution < 1.29 is 9.66 Å². The molecule has 2 aromatic rings. The molecular formula is C13H14BrN3O3S. The Bertz CT molecular complexity index is 633. The second kappa shape index (κ2) is 7.37. The molecule has 21 heavy (non-hydrogen) atoms. The summed E-state index contributed by atoms with van der Waals surface area (Å²) >= 11 is 4.75. The van der Waals surface area contributed by atoms with Crippen molar-refractivity contribution in [2.75, 3.05) is 11.9 Å². The molecule has 0 saturated carbocycles. The summed E-state index contributed by atoms with van der Waals surface area (Å²) in [4.78, 5) is 15.7. The summed E-state index contributed by atoms with van der Waals surface area (Å²) < 4.78 is 6.15. The number of para-hydroxylation sites is 1. The maximum Gasteiger partial charge on any atom is 0.312 e. The first-order chi connectivity index (χ1) is 10.1. The van der Waals surface area contributed by atoms with E-state index in [-0.39, 0.29) is 18.0 Å². The fraction of sp³-hybridized carbons (Fsp3) is 0.308. The molecule has 8 heteroatoms. The minimum atomic E-state index is -0.457. The van der Waals surface area contributed by atoms with Crippen molar-refractivity contribution in [2.45, 2.75) is 20.0 Å². The van der Waals surface area contributed by atoms with Gasteiger partial charge >= 0.3 is 5.69 Å². The lowest BCUT2D eigenvalue weighted by Crippen LogP contribution is -1.99. The number of thiazole rings is 1. The van der Waals surface area contributed by atoms with Crippen molar-refractivity contribution in [1.29, 1.82) is 0 Å². The predicted octanol–water partition coefficient (Wildman–Crippen LogP) is 4.21. The van der Waals surface area contributed by atoms with Crippen LogP contribution in [0.25, 0.3) is 0 Å². The van der Waals surface area contributed by atoms with Crippen LogP contribution in [0.3, 0.4) is 0 Å². The van der Waals surface area contributed by atoms with Gasteiger partial charge < -0.3 is 10.1 Å². The van der Waals surface area contributed by atoms with Crippen molar-refractivity contribution in [1.82, 2.24) is 4.98 Å². The van der Waals surface area contributed by atoms with Gasteiger partial charge in [-0.05, 0) is 28.4 Å². The van der Waals surface area contributed by atoms with Gasteiger partial charge in [-0.2, -0.15) is 0 Å². The van der Waals surface area contributed by atoms with Gasteiger partial charge in [0.1, 0.15) is 6.61 Å². The molecule has 0 saturated heterocycles.